The number of esters is 1. The molecule has 4 saturated heterocycles. The van der Waals surface area contributed by atoms with Crippen LogP contribution in [0.4, 0.5) is 0 Å². The minimum atomic E-state index is -1.02. The van der Waals surface area contributed by atoms with E-state index < -0.39 is 29.5 Å². The Hall–Kier alpha value is -5.35. The highest BCUT2D eigenvalue weighted by molar-refractivity contribution is 5.96. The van der Waals surface area contributed by atoms with Gasteiger partial charge in [0.25, 0.3) is 5.91 Å². The number of aromatic hydroxyl groups is 1. The SMILES string of the molecule is CCn1c(-c2cccnc2[C@H](C)OC)c2c3cc(ccc31)-c1cc(O)cc(c1)C[C@H](NC(=O)[C@H](C(C)C)N1CC[C@]3(CCN(C(=O)[C@H]4CN4)C3)C1)C(=O)N1CCC[C@H](N1)C(=O)OCC(C)(C)C2. The Kier molecular flexibility index (Phi) is 13.0. The summed E-state index contributed by atoms with van der Waals surface area (Å²) in [6.45, 7) is 17.1. The number of cyclic esters (lactones) is 1. The number of hydrogen-bond acceptors (Lipinski definition) is 11. The zero-order valence-electron chi connectivity index (χ0n) is 40.2. The smallest absolute Gasteiger partial charge is 0.324 e. The quantitative estimate of drug-likeness (QED) is 0.125. The van der Waals surface area contributed by atoms with Gasteiger partial charge in [-0.1, -0.05) is 39.8 Å². The van der Waals surface area contributed by atoms with Crippen LogP contribution in [0.1, 0.15) is 90.2 Å². The molecule has 0 radical (unpaired) electrons. The van der Waals surface area contributed by atoms with Crippen molar-refractivity contribution >= 4 is 34.6 Å². The van der Waals surface area contributed by atoms with E-state index in [0.717, 1.165) is 70.5 Å². The Morgan fingerprint density at radius 2 is 1.82 bits per heavy atom. The molecule has 2 aromatic carbocycles. The molecule has 7 heterocycles. The number of aryl methyl sites for hydroxylation is 1. The molecule has 4 N–H and O–H groups in total. The van der Waals surface area contributed by atoms with Crippen LogP contribution < -0.4 is 16.1 Å². The second-order valence-electron chi connectivity index (χ2n) is 20.9. The molecule has 1 spiro atoms. The number of phenolic OH excluding ortho intramolecular Hbond substituents is 1. The van der Waals surface area contributed by atoms with E-state index in [1.165, 1.54) is 5.01 Å². The van der Waals surface area contributed by atoms with Crippen molar-refractivity contribution in [1.82, 2.24) is 40.4 Å². The van der Waals surface area contributed by atoms with Gasteiger partial charge in [0.05, 0.1) is 36.2 Å². The summed E-state index contributed by atoms with van der Waals surface area (Å²) in [6.07, 6.45) is 5.03. The van der Waals surface area contributed by atoms with E-state index in [-0.39, 0.29) is 60.0 Å². The number of aromatic nitrogens is 2. The highest BCUT2D eigenvalue weighted by Gasteiger charge is 2.49. The van der Waals surface area contributed by atoms with Gasteiger partial charge >= 0.3 is 5.97 Å². The Morgan fingerprint density at radius 1 is 1.03 bits per heavy atom. The second kappa shape index (κ2) is 18.6. The van der Waals surface area contributed by atoms with Gasteiger partial charge in [-0.3, -0.25) is 34.1 Å². The summed E-state index contributed by atoms with van der Waals surface area (Å²) in [7, 11) is 1.69. The standard InChI is InChI=1S/C52H68N8O7/c1-8-59-43-14-13-34-25-38(43)39(46(59)37-11-9-17-53-44(37)32(4)66-7)26-51(5,6)30-67-50(65)40-12-10-18-60(56-40)49(64)41(23-33-21-35(34)24-36(61)22-33)55-47(62)45(31(2)3)57-19-15-52(28-57)16-20-58(29-52)48(63)42-27-54-42/h9,11,13-14,17,21-22,24-25,31-32,40-42,45,54,56,61H,8,10,12,15-16,18-20,23,26-30H2,1-7H3,(H,55,62)/t32-,40-,41-,42+,45-,52-/m0/s1. The zero-order chi connectivity index (χ0) is 47.4. The monoisotopic (exact) mass is 917 g/mol. The average Bonchev–Trinajstić information content (AvgIpc) is 3.86. The fourth-order valence-electron chi connectivity index (χ4n) is 11.3. The molecule has 6 bridgehead atoms. The molecule has 0 saturated carbocycles. The van der Waals surface area contributed by atoms with Gasteiger partial charge in [0, 0.05) is 86.3 Å². The summed E-state index contributed by atoms with van der Waals surface area (Å²) in [5, 5.41) is 20.2. The number of nitrogens with zero attached hydrogens (tertiary/aromatic N) is 5. The van der Waals surface area contributed by atoms with Gasteiger partial charge in [0.15, 0.2) is 0 Å². The summed E-state index contributed by atoms with van der Waals surface area (Å²) < 4.78 is 14.3. The van der Waals surface area contributed by atoms with Crippen molar-refractivity contribution in [3.05, 3.63) is 71.5 Å². The molecule has 15 nitrogen and oxygen atoms in total. The van der Waals surface area contributed by atoms with Crippen LogP contribution in [-0.2, 0) is 48.0 Å². The third kappa shape index (κ3) is 9.44. The van der Waals surface area contributed by atoms with Crippen molar-refractivity contribution < 1.29 is 33.8 Å². The molecular weight excluding hydrogens is 849 g/mol. The molecule has 5 aliphatic heterocycles. The number of rotatable bonds is 9. The van der Waals surface area contributed by atoms with Crippen LogP contribution in [0.25, 0.3) is 33.3 Å². The van der Waals surface area contributed by atoms with Crippen LogP contribution in [0, 0.1) is 16.7 Å². The number of phenols is 1. The van der Waals surface area contributed by atoms with E-state index in [4.69, 9.17) is 14.5 Å². The first kappa shape index (κ1) is 46.7. The molecule has 358 valence electrons. The van der Waals surface area contributed by atoms with E-state index in [0.29, 0.717) is 57.5 Å². The molecule has 4 fully saturated rings. The zero-order valence-corrected chi connectivity index (χ0v) is 40.2. The first-order chi connectivity index (χ1) is 32.1. The molecule has 3 amide bonds. The van der Waals surface area contributed by atoms with E-state index in [1.807, 2.05) is 37.8 Å². The maximum Gasteiger partial charge on any atom is 0.324 e. The Balaban J connectivity index is 1.09. The van der Waals surface area contributed by atoms with Crippen molar-refractivity contribution in [1.29, 1.82) is 0 Å². The lowest BCUT2D eigenvalue weighted by atomic mass is 9.84. The van der Waals surface area contributed by atoms with Gasteiger partial charge < -0.3 is 34.7 Å². The minimum Gasteiger partial charge on any atom is -0.508 e. The summed E-state index contributed by atoms with van der Waals surface area (Å²) in [5.74, 6) is -0.907. The summed E-state index contributed by atoms with van der Waals surface area (Å²) in [6, 6.07) is 13.4. The van der Waals surface area contributed by atoms with Gasteiger partial charge in [-0.15, -0.1) is 0 Å². The van der Waals surface area contributed by atoms with Crippen molar-refractivity contribution in [3.8, 4) is 28.1 Å². The topological polar surface area (TPSA) is 181 Å². The molecule has 0 aliphatic carbocycles. The van der Waals surface area contributed by atoms with Crippen LogP contribution in [0.2, 0.25) is 0 Å². The molecule has 4 aromatic rings. The third-order valence-electron chi connectivity index (χ3n) is 14.9. The van der Waals surface area contributed by atoms with E-state index in [2.05, 4.69) is 70.6 Å². The number of hydrogen-bond donors (Lipinski definition) is 4. The van der Waals surface area contributed by atoms with Crippen LogP contribution >= 0.6 is 0 Å². The maximum absolute atomic E-state index is 14.8. The van der Waals surface area contributed by atoms with Crippen LogP contribution in [0.15, 0.2) is 54.7 Å². The predicted octanol–water partition coefficient (Wildman–Crippen LogP) is 5.37. The van der Waals surface area contributed by atoms with Crippen molar-refractivity contribution in [2.75, 3.05) is 53.0 Å². The number of nitrogens with one attached hydrogen (secondary N) is 3. The number of benzene rings is 2. The largest absolute Gasteiger partial charge is 0.508 e. The molecule has 9 rings (SSSR count). The third-order valence-corrected chi connectivity index (χ3v) is 14.9. The normalized spacial score (nSPS) is 25.3. The number of pyridine rings is 1. The lowest BCUT2D eigenvalue weighted by Crippen LogP contribution is -2.62. The van der Waals surface area contributed by atoms with Gasteiger partial charge in [0.1, 0.15) is 17.8 Å². The van der Waals surface area contributed by atoms with Crippen LogP contribution in [-0.4, -0.2) is 130 Å². The predicted molar refractivity (Wildman–Crippen MR) is 256 cm³/mol. The molecule has 6 atom stereocenters. The van der Waals surface area contributed by atoms with E-state index >= 15 is 0 Å². The first-order valence-corrected chi connectivity index (χ1v) is 24.3. The number of fused-ring (bicyclic) bond motifs is 6. The Morgan fingerprint density at radius 3 is 2.57 bits per heavy atom. The molecule has 5 aliphatic rings. The van der Waals surface area contributed by atoms with Crippen molar-refractivity contribution in [3.63, 3.8) is 0 Å². The number of hydrazine groups is 1. The first-order valence-electron chi connectivity index (χ1n) is 24.3. The van der Waals surface area contributed by atoms with E-state index in [9.17, 15) is 24.3 Å². The van der Waals surface area contributed by atoms with E-state index in [1.54, 1.807) is 25.4 Å². The summed E-state index contributed by atoms with van der Waals surface area (Å²) >= 11 is 0. The number of amides is 3. The van der Waals surface area contributed by atoms with Gasteiger partial charge in [-0.25, -0.2) is 5.43 Å². The molecule has 0 unspecified atom stereocenters. The van der Waals surface area contributed by atoms with Gasteiger partial charge in [0.2, 0.25) is 11.8 Å². The number of ether oxygens (including phenoxy) is 2. The maximum atomic E-state index is 14.8. The Bertz CT molecular complexity index is 2550. The number of carbonyl (C=O) groups excluding carboxylic acids is 4. The molecule has 2 aromatic heterocycles. The highest BCUT2D eigenvalue weighted by atomic mass is 16.5. The van der Waals surface area contributed by atoms with Crippen molar-refractivity contribution in [2.24, 2.45) is 16.7 Å². The summed E-state index contributed by atoms with van der Waals surface area (Å²) in [4.78, 5) is 65.5. The van der Waals surface area contributed by atoms with Crippen molar-refractivity contribution in [2.45, 2.75) is 117 Å². The Labute approximate surface area is 393 Å². The average molecular weight is 917 g/mol. The van der Waals surface area contributed by atoms with Crippen LogP contribution in [0.3, 0.4) is 0 Å². The number of likely N-dealkylation sites (tertiary alicyclic amines) is 2. The van der Waals surface area contributed by atoms with Gasteiger partial charge in [-0.05, 0) is 117 Å². The molecule has 67 heavy (non-hydrogen) atoms. The number of methoxy groups -OCH3 is 1. The fraction of sp³-hybridized carbons (Fsp3) is 0.558. The minimum absolute atomic E-state index is 0.0455. The molecule has 15 heteroatoms. The number of carbonyl (C=O) groups is 4. The lowest BCUT2D eigenvalue weighted by Gasteiger charge is -2.37. The highest BCUT2D eigenvalue weighted by Crippen LogP contribution is 2.43. The van der Waals surface area contributed by atoms with Crippen LogP contribution in [0.5, 0.6) is 5.75 Å². The summed E-state index contributed by atoms with van der Waals surface area (Å²) in [5.41, 5.74) is 9.89. The molecular formula is C52H68N8O7. The second-order valence-corrected chi connectivity index (χ2v) is 20.9. The van der Waals surface area contributed by atoms with Gasteiger partial charge in [-0.2, -0.15) is 0 Å². The lowest BCUT2D eigenvalue weighted by molar-refractivity contribution is -0.155. The fourth-order valence-corrected chi connectivity index (χ4v) is 11.3.